The second-order valence-electron chi connectivity index (χ2n) is 14.1. The molecule has 0 saturated carbocycles. The van der Waals surface area contributed by atoms with Crippen LogP contribution in [-0.4, -0.2) is 16.6 Å². The van der Waals surface area contributed by atoms with Crippen LogP contribution in [-0.2, 0) is 11.8 Å². The van der Waals surface area contributed by atoms with Crippen LogP contribution in [0, 0.1) is 5.41 Å². The van der Waals surface area contributed by atoms with Crippen molar-refractivity contribution in [2.24, 2.45) is 4.99 Å². The van der Waals surface area contributed by atoms with Gasteiger partial charge < -0.3 is 4.74 Å². The summed E-state index contributed by atoms with van der Waals surface area (Å²) in [5.74, 6) is 1.77. The zero-order valence-electron chi connectivity index (χ0n) is 28.9. The van der Waals surface area contributed by atoms with E-state index in [4.69, 9.17) is 15.1 Å². The summed E-state index contributed by atoms with van der Waals surface area (Å²) >= 11 is 0. The molecule has 1 N–H and O–H groups in total. The van der Waals surface area contributed by atoms with Crippen molar-refractivity contribution in [1.29, 1.82) is 5.41 Å². The van der Waals surface area contributed by atoms with Crippen LogP contribution in [0.3, 0.4) is 0 Å². The Kier molecular flexibility index (Phi) is 6.41. The van der Waals surface area contributed by atoms with E-state index in [1.807, 2.05) is 60.9 Å². The molecule has 2 heterocycles. The molecule has 8 aromatic rings. The summed E-state index contributed by atoms with van der Waals surface area (Å²) in [6.07, 6.45) is 8.54. The van der Waals surface area contributed by atoms with Crippen molar-refractivity contribution in [2.75, 3.05) is 0 Å². The third-order valence-electron chi connectivity index (χ3n) is 11.5. The molecule has 0 amide bonds. The van der Waals surface area contributed by atoms with Gasteiger partial charge in [-0.2, -0.15) is 0 Å². The summed E-state index contributed by atoms with van der Waals surface area (Å²) in [4.78, 5) is 5.18. The number of hydrogen-bond acceptors (Lipinski definition) is 3. The van der Waals surface area contributed by atoms with E-state index in [-0.39, 0.29) is 0 Å². The van der Waals surface area contributed by atoms with Gasteiger partial charge in [-0.25, -0.2) is 4.99 Å². The molecule has 0 saturated heterocycles. The highest BCUT2D eigenvalue weighted by atomic mass is 16.5. The van der Waals surface area contributed by atoms with Crippen molar-refractivity contribution in [1.82, 2.24) is 4.57 Å². The van der Waals surface area contributed by atoms with Gasteiger partial charge in [0.15, 0.2) is 0 Å². The molecule has 0 atom stereocenters. The lowest BCUT2D eigenvalue weighted by atomic mass is 9.66. The Balaban J connectivity index is 1.22. The van der Waals surface area contributed by atoms with Gasteiger partial charge in [0.2, 0.25) is 0 Å². The fourth-order valence-electron chi connectivity index (χ4n) is 9.23. The molecule has 250 valence electrons. The van der Waals surface area contributed by atoms with Gasteiger partial charge in [0, 0.05) is 33.0 Å². The summed E-state index contributed by atoms with van der Waals surface area (Å²) in [5.41, 5.74) is 14.5. The van der Waals surface area contributed by atoms with Crippen LogP contribution in [0.1, 0.15) is 50.9 Å². The molecule has 3 aliphatic rings. The number of hydrogen-bond donors (Lipinski definition) is 1. The van der Waals surface area contributed by atoms with Crippen molar-refractivity contribution in [2.45, 2.75) is 18.3 Å². The van der Waals surface area contributed by atoms with E-state index in [9.17, 15) is 0 Å². The number of para-hydroxylation sites is 3. The second kappa shape index (κ2) is 11.4. The number of nitrogens with zero attached hydrogens (tertiary/aromatic N) is 2. The molecule has 2 aliphatic carbocycles. The fraction of sp³-hybridized carbons (Fsp3) is 0.0612. The van der Waals surface area contributed by atoms with E-state index < -0.39 is 5.41 Å². The smallest absolute Gasteiger partial charge is 0.132 e. The van der Waals surface area contributed by atoms with Gasteiger partial charge in [-0.1, -0.05) is 127 Å². The van der Waals surface area contributed by atoms with E-state index in [2.05, 4.69) is 114 Å². The lowest BCUT2D eigenvalue weighted by Crippen LogP contribution is -2.32. The second-order valence-corrected chi connectivity index (χ2v) is 14.1. The van der Waals surface area contributed by atoms with Crippen LogP contribution in [0.15, 0.2) is 163 Å². The quantitative estimate of drug-likeness (QED) is 0.146. The van der Waals surface area contributed by atoms with Gasteiger partial charge in [-0.15, -0.1) is 0 Å². The molecule has 1 aromatic heterocycles. The molecule has 53 heavy (non-hydrogen) atoms. The molecular weight excluding hydrogens is 647 g/mol. The number of benzene rings is 7. The SMILES string of the molecule is N=C(c1ccccc1)c1ccccc1N=Cn1c2cc3c(cc2c2c4c(ccc21)C=CCC4)-c1ccccc1C31c2ccccc2Oc2ccccc21. The number of aryl methyl sites for hydroxylation is 1. The summed E-state index contributed by atoms with van der Waals surface area (Å²) in [7, 11) is 0. The number of ether oxygens (including phenoxy) is 1. The zero-order valence-corrected chi connectivity index (χ0v) is 28.9. The topological polar surface area (TPSA) is 50.4 Å². The van der Waals surface area contributed by atoms with E-state index >= 15 is 0 Å². The molecule has 0 fully saturated rings. The number of aliphatic imine (C=N–C) groups is 1. The summed E-state index contributed by atoms with van der Waals surface area (Å²) in [6, 6.07) is 53.2. The Labute approximate surface area is 307 Å². The van der Waals surface area contributed by atoms with Crippen molar-refractivity contribution < 1.29 is 4.74 Å². The Bertz CT molecular complexity index is 2850. The average Bonchev–Trinajstić information content (AvgIpc) is 3.69. The molecule has 7 aromatic carbocycles. The standard InChI is InChI=1S/C49H33N3O/c50-48(32-15-2-1-3-16-32)35-19-7-11-23-42(35)51-30-52-43-27-26-31-14-4-5-17-33(31)47(43)37-28-36-34-18-6-8-20-38(34)49(41(36)29-44(37)52)39-21-9-12-24-45(39)53-46-25-13-10-22-40(46)49/h1-4,6-16,18-30,50H,5,17H2. The maximum Gasteiger partial charge on any atom is 0.132 e. The van der Waals surface area contributed by atoms with Crippen LogP contribution >= 0.6 is 0 Å². The van der Waals surface area contributed by atoms with Gasteiger partial charge in [0.1, 0.15) is 17.8 Å². The predicted molar refractivity (Wildman–Crippen MR) is 217 cm³/mol. The largest absolute Gasteiger partial charge is 0.457 e. The predicted octanol–water partition coefficient (Wildman–Crippen LogP) is 11.8. The Hall–Kier alpha value is -6.78. The first-order chi connectivity index (χ1) is 26.2. The van der Waals surface area contributed by atoms with Crippen molar-refractivity contribution in [3.05, 3.63) is 202 Å². The van der Waals surface area contributed by atoms with Gasteiger partial charge in [-0.05, 0) is 82.6 Å². The number of rotatable bonds is 4. The molecule has 0 unspecified atom stereocenters. The normalized spacial score (nSPS) is 14.5. The number of allylic oxidation sites excluding steroid dienone is 1. The highest BCUT2D eigenvalue weighted by molar-refractivity contribution is 6.17. The van der Waals surface area contributed by atoms with Crippen LogP contribution in [0.2, 0.25) is 0 Å². The van der Waals surface area contributed by atoms with Crippen molar-refractivity contribution in [3.8, 4) is 22.6 Å². The minimum atomic E-state index is -0.566. The Morgan fingerprint density at radius 1 is 0.660 bits per heavy atom. The highest BCUT2D eigenvalue weighted by Gasteiger charge is 2.51. The summed E-state index contributed by atoms with van der Waals surface area (Å²) in [6.45, 7) is 0. The van der Waals surface area contributed by atoms with Crippen LogP contribution in [0.5, 0.6) is 11.5 Å². The fourth-order valence-corrected chi connectivity index (χ4v) is 9.23. The minimum absolute atomic E-state index is 0.454. The van der Waals surface area contributed by atoms with Crippen molar-refractivity contribution in [3.63, 3.8) is 0 Å². The molecule has 1 aliphatic heterocycles. The monoisotopic (exact) mass is 679 g/mol. The number of fused-ring (bicyclic) bond motifs is 14. The third-order valence-corrected chi connectivity index (χ3v) is 11.5. The number of aromatic nitrogens is 1. The van der Waals surface area contributed by atoms with Gasteiger partial charge in [0.05, 0.1) is 27.8 Å². The summed E-state index contributed by atoms with van der Waals surface area (Å²) < 4.78 is 8.89. The molecular formula is C49H33N3O. The third kappa shape index (κ3) is 4.18. The Morgan fingerprint density at radius 3 is 2.17 bits per heavy atom. The van der Waals surface area contributed by atoms with Crippen LogP contribution in [0.25, 0.3) is 39.0 Å². The highest BCUT2D eigenvalue weighted by Crippen LogP contribution is 2.62. The molecule has 0 bridgehead atoms. The van der Waals surface area contributed by atoms with Gasteiger partial charge in [-0.3, -0.25) is 9.98 Å². The van der Waals surface area contributed by atoms with Gasteiger partial charge in [0.25, 0.3) is 0 Å². The molecule has 4 nitrogen and oxygen atoms in total. The first-order valence-electron chi connectivity index (χ1n) is 18.3. The molecule has 4 heteroatoms. The van der Waals surface area contributed by atoms with Gasteiger partial charge >= 0.3 is 0 Å². The lowest BCUT2D eigenvalue weighted by Gasteiger charge is -2.39. The first-order valence-corrected chi connectivity index (χ1v) is 18.3. The molecule has 11 rings (SSSR count). The maximum atomic E-state index is 9.11. The minimum Gasteiger partial charge on any atom is -0.457 e. The number of nitrogens with one attached hydrogen (secondary N) is 1. The van der Waals surface area contributed by atoms with E-state index in [0.717, 1.165) is 63.3 Å². The lowest BCUT2D eigenvalue weighted by molar-refractivity contribution is 0.436. The Morgan fingerprint density at radius 2 is 1.36 bits per heavy atom. The van der Waals surface area contributed by atoms with Crippen molar-refractivity contribution >= 4 is 45.6 Å². The van der Waals surface area contributed by atoms with E-state index in [1.165, 1.54) is 44.2 Å². The maximum absolute atomic E-state index is 9.11. The van der Waals surface area contributed by atoms with Crippen LogP contribution < -0.4 is 4.74 Å². The van der Waals surface area contributed by atoms with E-state index in [0.29, 0.717) is 5.71 Å². The average molecular weight is 680 g/mol. The van der Waals surface area contributed by atoms with Crippen LogP contribution in [0.4, 0.5) is 5.69 Å². The molecule has 1 spiro atoms. The van der Waals surface area contributed by atoms with E-state index in [1.54, 1.807) is 0 Å². The summed E-state index contributed by atoms with van der Waals surface area (Å²) in [5, 5.41) is 11.6. The zero-order chi connectivity index (χ0) is 35.1. The first kappa shape index (κ1) is 29.9. The molecule has 0 radical (unpaired) electrons.